The third-order valence-electron chi connectivity index (χ3n) is 2.85. The van der Waals surface area contributed by atoms with Crippen LogP contribution < -0.4 is 5.32 Å². The predicted octanol–water partition coefficient (Wildman–Crippen LogP) is 2.32. The Bertz CT molecular complexity index is 397. The molecule has 4 heteroatoms. The molecule has 1 aromatic carbocycles. The quantitative estimate of drug-likeness (QED) is 0.793. The summed E-state index contributed by atoms with van der Waals surface area (Å²) in [6.07, 6.45) is 2.82. The van der Waals surface area contributed by atoms with Crippen molar-refractivity contribution in [2.75, 3.05) is 18.6 Å². The Morgan fingerprint density at radius 1 is 1.50 bits per heavy atom. The van der Waals surface area contributed by atoms with Crippen LogP contribution in [-0.2, 0) is 0 Å². The third kappa shape index (κ3) is 4.69. The highest BCUT2D eigenvalue weighted by Gasteiger charge is 2.12. The highest BCUT2D eigenvalue weighted by atomic mass is 32.2. The van der Waals surface area contributed by atoms with Crippen LogP contribution in [0.1, 0.15) is 30.5 Å². The van der Waals surface area contributed by atoms with Gasteiger partial charge in [0.05, 0.1) is 11.6 Å². The molecule has 0 aliphatic heterocycles. The van der Waals surface area contributed by atoms with Crippen molar-refractivity contribution < 1.29 is 5.11 Å². The van der Waals surface area contributed by atoms with Gasteiger partial charge in [-0.3, -0.25) is 0 Å². The van der Waals surface area contributed by atoms with E-state index in [1.165, 1.54) is 0 Å². The number of hydrogen-bond acceptors (Lipinski definition) is 4. The summed E-state index contributed by atoms with van der Waals surface area (Å²) in [7, 11) is 0. The average molecular weight is 264 g/mol. The van der Waals surface area contributed by atoms with Crippen molar-refractivity contribution in [3.8, 4) is 6.07 Å². The van der Waals surface area contributed by atoms with Crippen LogP contribution in [0.2, 0.25) is 0 Å². The van der Waals surface area contributed by atoms with Crippen molar-refractivity contribution in [1.29, 1.82) is 5.26 Å². The van der Waals surface area contributed by atoms with Crippen LogP contribution in [0.15, 0.2) is 24.3 Å². The average Bonchev–Trinajstić information content (AvgIpc) is 2.39. The molecule has 0 amide bonds. The van der Waals surface area contributed by atoms with Gasteiger partial charge in [0.25, 0.3) is 0 Å². The first-order chi connectivity index (χ1) is 8.71. The van der Waals surface area contributed by atoms with Crippen LogP contribution in [0.25, 0.3) is 0 Å². The maximum atomic E-state index is 9.04. The fraction of sp³-hybridized carbons (Fsp3) is 0.500. The van der Waals surface area contributed by atoms with E-state index in [1.54, 1.807) is 11.8 Å². The zero-order valence-corrected chi connectivity index (χ0v) is 11.7. The molecule has 18 heavy (non-hydrogen) atoms. The maximum Gasteiger partial charge on any atom is 0.0991 e. The Kier molecular flexibility index (Phi) is 6.81. The number of aliphatic hydroxyl groups is 1. The molecule has 2 atom stereocenters. The van der Waals surface area contributed by atoms with Gasteiger partial charge >= 0.3 is 0 Å². The van der Waals surface area contributed by atoms with E-state index in [2.05, 4.69) is 24.6 Å². The van der Waals surface area contributed by atoms with Gasteiger partial charge in [-0.15, -0.1) is 0 Å². The predicted molar refractivity (Wildman–Crippen MR) is 76.6 cm³/mol. The van der Waals surface area contributed by atoms with E-state index in [1.807, 2.05) is 24.3 Å². The Balaban J connectivity index is 2.67. The zero-order chi connectivity index (χ0) is 13.4. The lowest BCUT2D eigenvalue weighted by Gasteiger charge is -2.22. The Morgan fingerprint density at radius 2 is 2.28 bits per heavy atom. The molecule has 0 heterocycles. The van der Waals surface area contributed by atoms with E-state index in [4.69, 9.17) is 10.4 Å². The molecule has 0 saturated heterocycles. The Morgan fingerprint density at radius 3 is 2.89 bits per heavy atom. The summed E-state index contributed by atoms with van der Waals surface area (Å²) < 4.78 is 0. The normalized spacial score (nSPS) is 13.9. The molecule has 0 fully saturated rings. The standard InChI is InChI=1S/C14H20N2OS/c1-11(16-14(6-7-17)10-18-2)13-5-3-4-12(8-13)9-15/h3-5,8,11,14,16-17H,6-7,10H2,1-2H3. The monoisotopic (exact) mass is 264 g/mol. The molecule has 1 rings (SSSR count). The topological polar surface area (TPSA) is 56.0 Å². The number of hydrogen-bond donors (Lipinski definition) is 2. The second kappa shape index (κ2) is 8.15. The van der Waals surface area contributed by atoms with E-state index in [0.29, 0.717) is 11.6 Å². The van der Waals surface area contributed by atoms with Gasteiger partial charge in [-0.05, 0) is 37.3 Å². The van der Waals surface area contributed by atoms with Crippen molar-refractivity contribution in [2.24, 2.45) is 0 Å². The highest BCUT2D eigenvalue weighted by molar-refractivity contribution is 7.98. The van der Waals surface area contributed by atoms with Crippen LogP contribution in [0, 0.1) is 11.3 Å². The Hall–Kier alpha value is -1.02. The van der Waals surface area contributed by atoms with Gasteiger partial charge in [0.2, 0.25) is 0 Å². The molecule has 2 N–H and O–H groups in total. The van der Waals surface area contributed by atoms with E-state index in [9.17, 15) is 0 Å². The van der Waals surface area contributed by atoms with Gasteiger partial charge in [0.1, 0.15) is 0 Å². The van der Waals surface area contributed by atoms with Crippen LogP contribution in [0.3, 0.4) is 0 Å². The fourth-order valence-electron chi connectivity index (χ4n) is 1.90. The minimum atomic E-state index is 0.182. The van der Waals surface area contributed by atoms with Crippen molar-refractivity contribution in [1.82, 2.24) is 5.32 Å². The van der Waals surface area contributed by atoms with Crippen LogP contribution >= 0.6 is 11.8 Å². The number of thioether (sulfide) groups is 1. The lowest BCUT2D eigenvalue weighted by atomic mass is 10.0. The minimum Gasteiger partial charge on any atom is -0.396 e. The van der Waals surface area contributed by atoms with Crippen LogP contribution in [-0.4, -0.2) is 29.8 Å². The van der Waals surface area contributed by atoms with Gasteiger partial charge in [0, 0.05) is 24.4 Å². The third-order valence-corrected chi connectivity index (χ3v) is 3.58. The van der Waals surface area contributed by atoms with Gasteiger partial charge in [-0.2, -0.15) is 17.0 Å². The van der Waals surface area contributed by atoms with Gasteiger partial charge in [0.15, 0.2) is 0 Å². The summed E-state index contributed by atoms with van der Waals surface area (Å²) in [4.78, 5) is 0. The molecule has 0 aliphatic rings. The highest BCUT2D eigenvalue weighted by Crippen LogP contribution is 2.16. The lowest BCUT2D eigenvalue weighted by molar-refractivity contribution is 0.265. The van der Waals surface area contributed by atoms with E-state index >= 15 is 0 Å². The molecule has 0 aromatic heterocycles. The maximum absolute atomic E-state index is 9.04. The molecule has 0 spiro atoms. The smallest absolute Gasteiger partial charge is 0.0991 e. The van der Waals surface area contributed by atoms with Crippen LogP contribution in [0.5, 0.6) is 0 Å². The van der Waals surface area contributed by atoms with Gasteiger partial charge in [-0.1, -0.05) is 12.1 Å². The molecular formula is C14H20N2OS. The van der Waals surface area contributed by atoms with Crippen molar-refractivity contribution in [3.63, 3.8) is 0 Å². The minimum absolute atomic E-state index is 0.182. The van der Waals surface area contributed by atoms with Gasteiger partial charge < -0.3 is 10.4 Å². The number of benzene rings is 1. The first kappa shape index (κ1) is 15.0. The molecule has 2 unspecified atom stereocenters. The molecule has 0 bridgehead atoms. The summed E-state index contributed by atoms with van der Waals surface area (Å²) in [5, 5.41) is 21.4. The summed E-state index contributed by atoms with van der Waals surface area (Å²) in [5.41, 5.74) is 1.79. The fourth-order valence-corrected chi connectivity index (χ4v) is 2.56. The SMILES string of the molecule is CSCC(CCO)NC(C)c1cccc(C#N)c1. The molecule has 0 saturated carbocycles. The second-order valence-electron chi connectivity index (χ2n) is 4.29. The Labute approximate surface area is 113 Å². The number of nitrogens with zero attached hydrogens (tertiary/aromatic N) is 1. The molecule has 98 valence electrons. The van der Waals surface area contributed by atoms with Crippen molar-refractivity contribution >= 4 is 11.8 Å². The molecule has 0 radical (unpaired) electrons. The molecular weight excluding hydrogens is 244 g/mol. The first-order valence-corrected chi connectivity index (χ1v) is 7.46. The van der Waals surface area contributed by atoms with Gasteiger partial charge in [-0.25, -0.2) is 0 Å². The summed E-state index contributed by atoms with van der Waals surface area (Å²) >= 11 is 1.77. The summed E-state index contributed by atoms with van der Waals surface area (Å²) in [6.45, 7) is 2.28. The first-order valence-electron chi connectivity index (χ1n) is 6.07. The lowest BCUT2D eigenvalue weighted by Crippen LogP contribution is -2.34. The largest absolute Gasteiger partial charge is 0.396 e. The summed E-state index contributed by atoms with van der Waals surface area (Å²) in [5.74, 6) is 0.975. The zero-order valence-electron chi connectivity index (χ0n) is 10.9. The molecule has 1 aromatic rings. The second-order valence-corrected chi connectivity index (χ2v) is 5.20. The number of nitrogens with one attached hydrogen (secondary N) is 1. The number of rotatable bonds is 7. The molecule has 3 nitrogen and oxygen atoms in total. The summed E-state index contributed by atoms with van der Waals surface area (Å²) in [6, 6.07) is 10.3. The van der Waals surface area contributed by atoms with Crippen molar-refractivity contribution in [3.05, 3.63) is 35.4 Å². The van der Waals surface area contributed by atoms with E-state index < -0.39 is 0 Å². The van der Waals surface area contributed by atoms with Crippen molar-refractivity contribution in [2.45, 2.75) is 25.4 Å². The van der Waals surface area contributed by atoms with Crippen LogP contribution in [0.4, 0.5) is 0 Å². The number of nitriles is 1. The van der Waals surface area contributed by atoms with E-state index in [0.717, 1.165) is 17.7 Å². The van der Waals surface area contributed by atoms with E-state index in [-0.39, 0.29) is 12.6 Å². The molecule has 0 aliphatic carbocycles. The number of aliphatic hydroxyl groups excluding tert-OH is 1.